The minimum atomic E-state index is 0.838. The standard InChI is InChI=1S/C40H28N2OS/c44-40-34(20-21-37-39(40)32-19-14-28(24-38(32)43-37)25-8-2-1-3-9-25)41-29-15-17-30(18-16-29)42-35-13-7-6-12-31(35)33-22-26-10-4-5-11-27(26)23-36(33)42/h1-19,22-24,41,44H,20-21H2. The average molecular weight is 585 g/mol. The smallest absolute Gasteiger partial charge is 0.135 e. The van der Waals surface area contributed by atoms with E-state index in [2.05, 4.69) is 137 Å². The Hall–Kier alpha value is -5.19. The Morgan fingerprint density at radius 1 is 0.591 bits per heavy atom. The van der Waals surface area contributed by atoms with Crippen LogP contribution in [0.25, 0.3) is 65.3 Å². The lowest BCUT2D eigenvalue weighted by Gasteiger charge is -2.19. The highest BCUT2D eigenvalue weighted by Gasteiger charge is 2.24. The molecular formula is C40H28N2OS. The largest absolute Gasteiger partial charge is 0.460 e. The predicted octanol–water partition coefficient (Wildman–Crippen LogP) is 11.0. The van der Waals surface area contributed by atoms with Gasteiger partial charge in [-0.25, -0.2) is 0 Å². The second-order valence-electron chi connectivity index (χ2n) is 11.5. The lowest BCUT2D eigenvalue weighted by molar-refractivity contribution is 0.543. The van der Waals surface area contributed by atoms with E-state index in [1.165, 1.54) is 38.1 Å². The van der Waals surface area contributed by atoms with E-state index in [1.807, 2.05) is 6.07 Å². The highest BCUT2D eigenvalue weighted by Crippen LogP contribution is 2.42. The van der Waals surface area contributed by atoms with Crippen molar-refractivity contribution in [2.45, 2.75) is 12.8 Å². The maximum absolute atomic E-state index is 6.36. The van der Waals surface area contributed by atoms with Gasteiger partial charge in [0.2, 0.25) is 0 Å². The third kappa shape index (κ3) is 3.99. The summed E-state index contributed by atoms with van der Waals surface area (Å²) in [6.07, 6.45) is 1.68. The van der Waals surface area contributed by atoms with E-state index in [-0.39, 0.29) is 0 Å². The van der Waals surface area contributed by atoms with Gasteiger partial charge in [-0.15, -0.1) is 12.6 Å². The topological polar surface area (TPSA) is 30.1 Å². The number of nitrogens with zero attached hydrogens (tertiary/aromatic N) is 1. The number of aromatic nitrogens is 1. The van der Waals surface area contributed by atoms with Gasteiger partial charge in [-0.2, -0.15) is 0 Å². The molecule has 6 aromatic carbocycles. The van der Waals surface area contributed by atoms with Crippen LogP contribution in [-0.4, -0.2) is 4.57 Å². The van der Waals surface area contributed by atoms with Crippen molar-refractivity contribution < 1.29 is 4.42 Å². The molecule has 0 radical (unpaired) electrons. The molecule has 0 saturated heterocycles. The third-order valence-corrected chi connectivity index (χ3v) is 9.45. The van der Waals surface area contributed by atoms with Crippen LogP contribution in [0.5, 0.6) is 0 Å². The summed E-state index contributed by atoms with van der Waals surface area (Å²) in [6.45, 7) is 0. The summed E-state index contributed by atoms with van der Waals surface area (Å²) in [6, 6.07) is 47.6. The Balaban J connectivity index is 1.07. The van der Waals surface area contributed by atoms with Gasteiger partial charge in [0.1, 0.15) is 11.3 Å². The Labute approximate surface area is 260 Å². The minimum absolute atomic E-state index is 0.838. The summed E-state index contributed by atoms with van der Waals surface area (Å²) in [4.78, 5) is 0.954. The van der Waals surface area contributed by atoms with Gasteiger partial charge < -0.3 is 14.3 Å². The van der Waals surface area contributed by atoms with E-state index in [9.17, 15) is 0 Å². The lowest BCUT2D eigenvalue weighted by Crippen LogP contribution is -2.08. The van der Waals surface area contributed by atoms with Crippen molar-refractivity contribution in [3.05, 3.63) is 150 Å². The number of fused-ring (bicyclic) bond motifs is 7. The molecule has 2 aromatic heterocycles. The summed E-state index contributed by atoms with van der Waals surface area (Å²) >= 11 is 5.04. The Morgan fingerprint density at radius 3 is 2.18 bits per heavy atom. The van der Waals surface area contributed by atoms with Crippen LogP contribution in [-0.2, 0) is 6.42 Å². The molecule has 0 spiro atoms. The molecule has 210 valence electrons. The fourth-order valence-electron chi connectivity index (χ4n) is 6.82. The number of para-hydroxylation sites is 1. The number of hydrogen-bond donors (Lipinski definition) is 2. The molecule has 1 aliphatic rings. The second kappa shape index (κ2) is 9.94. The van der Waals surface area contributed by atoms with Gasteiger partial charge in [0, 0.05) is 50.1 Å². The summed E-state index contributed by atoms with van der Waals surface area (Å²) < 4.78 is 8.74. The molecule has 8 aromatic rings. The second-order valence-corrected chi connectivity index (χ2v) is 12.0. The van der Waals surface area contributed by atoms with E-state index in [0.29, 0.717) is 0 Å². The van der Waals surface area contributed by atoms with Crippen LogP contribution >= 0.6 is 12.6 Å². The highest BCUT2D eigenvalue weighted by atomic mass is 32.1. The molecule has 3 nitrogen and oxygen atoms in total. The van der Waals surface area contributed by atoms with Gasteiger partial charge in [-0.1, -0.05) is 78.9 Å². The number of anilines is 1. The number of hydrogen-bond acceptors (Lipinski definition) is 3. The maximum atomic E-state index is 6.36. The van der Waals surface area contributed by atoms with Gasteiger partial charge in [0.25, 0.3) is 0 Å². The normalized spacial score (nSPS) is 13.3. The Kier molecular flexibility index (Phi) is 5.72. The van der Waals surface area contributed by atoms with Gasteiger partial charge in [0.15, 0.2) is 0 Å². The number of furan rings is 1. The molecule has 1 aliphatic carbocycles. The average Bonchev–Trinajstić information content (AvgIpc) is 3.61. The van der Waals surface area contributed by atoms with Crippen LogP contribution in [0.4, 0.5) is 5.69 Å². The van der Waals surface area contributed by atoms with Crippen LogP contribution in [0.3, 0.4) is 0 Å². The molecule has 9 rings (SSSR count). The van der Waals surface area contributed by atoms with Crippen molar-refractivity contribution in [1.82, 2.24) is 4.57 Å². The number of allylic oxidation sites excluding steroid dienone is 1. The molecule has 0 saturated carbocycles. The van der Waals surface area contributed by atoms with Crippen molar-refractivity contribution in [3.63, 3.8) is 0 Å². The predicted molar refractivity (Wildman–Crippen MR) is 188 cm³/mol. The van der Waals surface area contributed by atoms with E-state index in [1.54, 1.807) is 0 Å². The maximum Gasteiger partial charge on any atom is 0.135 e. The molecular weight excluding hydrogens is 557 g/mol. The summed E-state index contributed by atoms with van der Waals surface area (Å²) in [5.41, 5.74) is 10.1. The third-order valence-electron chi connectivity index (χ3n) is 8.96. The molecule has 2 heterocycles. The number of aryl methyl sites for hydroxylation is 1. The lowest BCUT2D eigenvalue weighted by atomic mass is 9.98. The zero-order valence-electron chi connectivity index (χ0n) is 23.9. The van der Waals surface area contributed by atoms with Crippen molar-refractivity contribution in [3.8, 4) is 16.8 Å². The first-order valence-corrected chi connectivity index (χ1v) is 15.5. The van der Waals surface area contributed by atoms with E-state index in [0.717, 1.165) is 62.7 Å². The molecule has 0 bridgehead atoms. The van der Waals surface area contributed by atoms with Gasteiger partial charge in [-0.05, 0) is 82.9 Å². The molecule has 0 fully saturated rings. The fraction of sp³-hybridized carbons (Fsp3) is 0.0500. The number of rotatable bonds is 4. The highest BCUT2D eigenvalue weighted by molar-refractivity contribution is 7.90. The number of thiol groups is 1. The first kappa shape index (κ1) is 25.3. The number of benzene rings is 6. The summed E-state index contributed by atoms with van der Waals surface area (Å²) in [5.74, 6) is 1.01. The van der Waals surface area contributed by atoms with Crippen LogP contribution in [0.15, 0.2) is 144 Å². The van der Waals surface area contributed by atoms with Crippen molar-refractivity contribution >= 4 is 66.8 Å². The number of nitrogens with one attached hydrogen (secondary N) is 1. The molecule has 0 aliphatic heterocycles. The molecule has 0 atom stereocenters. The van der Waals surface area contributed by atoms with E-state index >= 15 is 0 Å². The van der Waals surface area contributed by atoms with Crippen LogP contribution < -0.4 is 5.32 Å². The van der Waals surface area contributed by atoms with E-state index in [4.69, 9.17) is 17.0 Å². The Morgan fingerprint density at radius 2 is 1.34 bits per heavy atom. The summed E-state index contributed by atoms with van der Waals surface area (Å²) in [5, 5.41) is 9.84. The van der Waals surface area contributed by atoms with Gasteiger partial charge in [-0.3, -0.25) is 0 Å². The first-order chi connectivity index (χ1) is 21.7. The van der Waals surface area contributed by atoms with Crippen molar-refractivity contribution in [1.29, 1.82) is 0 Å². The summed E-state index contributed by atoms with van der Waals surface area (Å²) in [7, 11) is 0. The molecule has 44 heavy (non-hydrogen) atoms. The molecule has 1 N–H and O–H groups in total. The van der Waals surface area contributed by atoms with E-state index < -0.39 is 0 Å². The SMILES string of the molecule is SC1=C(Nc2ccc(-n3c4ccccc4c4cc5ccccc5cc43)cc2)CCc2oc3cc(-c4ccccc4)ccc3c21. The van der Waals surface area contributed by atoms with Crippen molar-refractivity contribution in [2.75, 3.05) is 5.32 Å². The first-order valence-electron chi connectivity index (χ1n) is 15.0. The van der Waals surface area contributed by atoms with Gasteiger partial charge >= 0.3 is 0 Å². The fourth-order valence-corrected chi connectivity index (χ4v) is 7.24. The zero-order chi connectivity index (χ0) is 29.2. The molecule has 0 amide bonds. The monoisotopic (exact) mass is 584 g/mol. The minimum Gasteiger partial charge on any atom is -0.460 e. The van der Waals surface area contributed by atoms with Crippen LogP contribution in [0, 0.1) is 0 Å². The van der Waals surface area contributed by atoms with Crippen LogP contribution in [0.1, 0.15) is 17.7 Å². The Bertz CT molecular complexity index is 2410. The van der Waals surface area contributed by atoms with Crippen LogP contribution in [0.2, 0.25) is 0 Å². The molecule has 4 heteroatoms. The van der Waals surface area contributed by atoms with Gasteiger partial charge in [0.05, 0.1) is 11.0 Å². The molecule has 0 unspecified atom stereocenters. The quantitative estimate of drug-likeness (QED) is 0.202. The zero-order valence-corrected chi connectivity index (χ0v) is 24.8. The van der Waals surface area contributed by atoms with Crippen molar-refractivity contribution in [2.24, 2.45) is 0 Å².